The lowest BCUT2D eigenvalue weighted by atomic mass is 10.5. The molecule has 0 fully saturated rings. The van der Waals surface area contributed by atoms with Crippen molar-refractivity contribution in [2.45, 2.75) is 20.0 Å². The van der Waals surface area contributed by atoms with E-state index in [0.29, 0.717) is 24.1 Å². The van der Waals surface area contributed by atoms with Crippen LogP contribution >= 0.6 is 22.9 Å². The fourth-order valence-electron chi connectivity index (χ4n) is 2.14. The van der Waals surface area contributed by atoms with Crippen LogP contribution in [0, 0.1) is 6.92 Å². The number of fused-ring (bicyclic) bond motifs is 1. The average molecular weight is 349 g/mol. The minimum Gasteiger partial charge on any atom is -0.351 e. The van der Waals surface area contributed by atoms with Gasteiger partial charge in [0.1, 0.15) is 10.7 Å². The van der Waals surface area contributed by atoms with Crippen molar-refractivity contribution in [2.75, 3.05) is 7.05 Å². The Morgan fingerprint density at radius 1 is 1.26 bits per heavy atom. The second kappa shape index (κ2) is 6.97. The molecule has 8 heteroatoms. The number of guanidine groups is 1. The summed E-state index contributed by atoms with van der Waals surface area (Å²) in [6.45, 7) is 3.22. The zero-order valence-electron chi connectivity index (χ0n) is 12.9. The molecule has 3 aromatic heterocycles. The summed E-state index contributed by atoms with van der Waals surface area (Å²) in [5.41, 5.74) is 2.82. The molecule has 0 aliphatic heterocycles. The van der Waals surface area contributed by atoms with Gasteiger partial charge in [-0.25, -0.2) is 9.97 Å². The number of nitrogens with one attached hydrogen (secondary N) is 2. The first kappa shape index (κ1) is 15.8. The molecule has 0 unspecified atom stereocenters. The number of aromatic nitrogens is 3. The van der Waals surface area contributed by atoms with E-state index in [1.165, 1.54) is 0 Å². The zero-order valence-corrected chi connectivity index (χ0v) is 14.4. The van der Waals surface area contributed by atoms with Gasteiger partial charge in [-0.05, 0) is 19.1 Å². The maximum absolute atomic E-state index is 5.98. The molecule has 23 heavy (non-hydrogen) atoms. The van der Waals surface area contributed by atoms with Gasteiger partial charge in [-0.2, -0.15) is 0 Å². The van der Waals surface area contributed by atoms with E-state index >= 15 is 0 Å². The lowest BCUT2D eigenvalue weighted by molar-refractivity contribution is 0.794. The highest BCUT2D eigenvalue weighted by atomic mass is 35.5. The van der Waals surface area contributed by atoms with E-state index in [9.17, 15) is 0 Å². The number of aliphatic imine (C=N–C) groups is 1. The summed E-state index contributed by atoms with van der Waals surface area (Å²) in [6, 6.07) is 3.72. The molecule has 0 amide bonds. The van der Waals surface area contributed by atoms with Crippen LogP contribution in [-0.2, 0) is 13.1 Å². The first-order valence-corrected chi connectivity index (χ1v) is 8.38. The zero-order chi connectivity index (χ0) is 16.2. The van der Waals surface area contributed by atoms with Gasteiger partial charge in [0.2, 0.25) is 0 Å². The van der Waals surface area contributed by atoms with E-state index in [4.69, 9.17) is 11.6 Å². The van der Waals surface area contributed by atoms with Gasteiger partial charge in [0.25, 0.3) is 0 Å². The van der Waals surface area contributed by atoms with E-state index in [2.05, 4.69) is 25.6 Å². The Balaban J connectivity index is 1.58. The lowest BCUT2D eigenvalue weighted by Crippen LogP contribution is -2.36. The van der Waals surface area contributed by atoms with E-state index in [-0.39, 0.29) is 0 Å². The number of rotatable bonds is 4. The van der Waals surface area contributed by atoms with Crippen LogP contribution in [0.1, 0.15) is 16.4 Å². The molecule has 0 bridgehead atoms. The Kier molecular flexibility index (Phi) is 4.78. The minimum atomic E-state index is 0.579. The molecule has 0 spiro atoms. The standard InChI is InChI=1S/C15H17ClN6S/c1-10-9-23-14(20-10)6-19-15(17-2)18-5-12-8-22-7-11(16)3-4-13(22)21-12/h3-4,7-9H,5-6H2,1-2H3,(H2,17,18,19). The fourth-order valence-corrected chi connectivity index (χ4v) is 3.02. The highest BCUT2D eigenvalue weighted by molar-refractivity contribution is 7.09. The SMILES string of the molecule is CN=C(NCc1cn2cc(Cl)ccc2n1)NCc1nc(C)cs1. The van der Waals surface area contributed by atoms with Gasteiger partial charge in [0.05, 0.1) is 23.8 Å². The molecular weight excluding hydrogens is 332 g/mol. The number of halogens is 1. The van der Waals surface area contributed by atoms with E-state index in [1.54, 1.807) is 18.4 Å². The summed E-state index contributed by atoms with van der Waals surface area (Å²) in [5, 5.41) is 10.2. The lowest BCUT2D eigenvalue weighted by Gasteiger charge is -2.09. The summed E-state index contributed by atoms with van der Waals surface area (Å²) < 4.78 is 1.91. The maximum Gasteiger partial charge on any atom is 0.191 e. The van der Waals surface area contributed by atoms with Crippen LogP contribution < -0.4 is 10.6 Å². The second-order valence-corrected chi connectivity index (χ2v) is 6.39. The van der Waals surface area contributed by atoms with E-state index in [0.717, 1.165) is 22.0 Å². The fraction of sp³-hybridized carbons (Fsp3) is 0.267. The molecule has 3 rings (SSSR count). The normalized spacial score (nSPS) is 11.9. The van der Waals surface area contributed by atoms with Crippen molar-refractivity contribution in [3.63, 3.8) is 0 Å². The topological polar surface area (TPSA) is 66.6 Å². The number of hydrogen-bond donors (Lipinski definition) is 2. The van der Waals surface area contributed by atoms with Crippen LogP contribution in [0.3, 0.4) is 0 Å². The quantitative estimate of drug-likeness (QED) is 0.562. The number of nitrogens with zero attached hydrogens (tertiary/aromatic N) is 4. The van der Waals surface area contributed by atoms with Crippen molar-refractivity contribution in [1.29, 1.82) is 0 Å². The predicted molar refractivity (Wildman–Crippen MR) is 94.1 cm³/mol. The summed E-state index contributed by atoms with van der Waals surface area (Å²) >= 11 is 7.62. The van der Waals surface area contributed by atoms with Crippen molar-refractivity contribution in [3.05, 3.63) is 51.3 Å². The van der Waals surface area contributed by atoms with Crippen LogP contribution in [0.25, 0.3) is 5.65 Å². The number of pyridine rings is 1. The smallest absolute Gasteiger partial charge is 0.191 e. The van der Waals surface area contributed by atoms with Crippen LogP contribution in [0.15, 0.2) is 34.9 Å². The third-order valence-corrected chi connectivity index (χ3v) is 4.39. The van der Waals surface area contributed by atoms with Crippen molar-refractivity contribution < 1.29 is 0 Å². The highest BCUT2D eigenvalue weighted by Gasteiger charge is 2.05. The minimum absolute atomic E-state index is 0.579. The Bertz CT molecular complexity index is 837. The number of hydrogen-bond acceptors (Lipinski definition) is 4. The first-order chi connectivity index (χ1) is 11.1. The Labute approximate surface area is 143 Å². The number of imidazole rings is 1. The van der Waals surface area contributed by atoms with Crippen molar-refractivity contribution >= 4 is 34.5 Å². The summed E-state index contributed by atoms with van der Waals surface area (Å²) in [7, 11) is 1.74. The van der Waals surface area contributed by atoms with Gasteiger partial charge in [0.15, 0.2) is 5.96 Å². The van der Waals surface area contributed by atoms with Crippen molar-refractivity contribution in [2.24, 2.45) is 4.99 Å². The van der Waals surface area contributed by atoms with Gasteiger partial charge in [-0.15, -0.1) is 11.3 Å². The Morgan fingerprint density at radius 2 is 2.09 bits per heavy atom. The molecule has 0 aliphatic rings. The molecular formula is C15H17ClN6S. The van der Waals surface area contributed by atoms with Crippen molar-refractivity contribution in [3.8, 4) is 0 Å². The van der Waals surface area contributed by atoms with E-state index < -0.39 is 0 Å². The second-order valence-electron chi connectivity index (χ2n) is 5.01. The molecule has 3 heterocycles. The van der Waals surface area contributed by atoms with Crippen LogP contribution in [0.4, 0.5) is 0 Å². The highest BCUT2D eigenvalue weighted by Crippen LogP contribution is 2.11. The summed E-state index contributed by atoms with van der Waals surface area (Å²) in [5.74, 6) is 0.716. The third kappa shape index (κ3) is 4.00. The average Bonchev–Trinajstić information content (AvgIpc) is 3.12. The summed E-state index contributed by atoms with van der Waals surface area (Å²) in [4.78, 5) is 13.2. The van der Waals surface area contributed by atoms with Gasteiger partial charge in [-0.3, -0.25) is 4.99 Å². The molecule has 0 atom stereocenters. The van der Waals surface area contributed by atoms with Crippen LogP contribution in [0.2, 0.25) is 5.02 Å². The molecule has 0 aromatic carbocycles. The number of aryl methyl sites for hydroxylation is 1. The Morgan fingerprint density at radius 3 is 2.83 bits per heavy atom. The Hall–Kier alpha value is -2.12. The first-order valence-electron chi connectivity index (χ1n) is 7.12. The summed E-state index contributed by atoms with van der Waals surface area (Å²) in [6.07, 6.45) is 3.79. The predicted octanol–water partition coefficient (Wildman–Crippen LogP) is 2.62. The van der Waals surface area contributed by atoms with Gasteiger partial charge >= 0.3 is 0 Å². The molecule has 0 radical (unpaired) electrons. The third-order valence-electron chi connectivity index (χ3n) is 3.20. The largest absolute Gasteiger partial charge is 0.351 e. The van der Waals surface area contributed by atoms with Gasteiger partial charge in [-0.1, -0.05) is 11.6 Å². The molecule has 6 nitrogen and oxygen atoms in total. The monoisotopic (exact) mass is 348 g/mol. The molecule has 0 aliphatic carbocycles. The van der Waals surface area contributed by atoms with Crippen molar-refractivity contribution in [1.82, 2.24) is 25.0 Å². The number of thiazole rings is 1. The maximum atomic E-state index is 5.98. The molecule has 3 aromatic rings. The van der Waals surface area contributed by atoms with Crippen LogP contribution in [0.5, 0.6) is 0 Å². The molecule has 2 N–H and O–H groups in total. The molecule has 0 saturated carbocycles. The molecule has 0 saturated heterocycles. The van der Waals surface area contributed by atoms with Crippen LogP contribution in [-0.4, -0.2) is 27.4 Å². The molecule has 120 valence electrons. The van der Waals surface area contributed by atoms with E-state index in [1.807, 2.05) is 41.2 Å². The van der Waals surface area contributed by atoms with Gasteiger partial charge in [0, 0.05) is 30.5 Å². The van der Waals surface area contributed by atoms with Gasteiger partial charge < -0.3 is 15.0 Å².